The monoisotopic (exact) mass is 285 g/mol. The molecule has 0 aromatic heterocycles. The van der Waals surface area contributed by atoms with E-state index in [1.165, 1.54) is 0 Å². The molecule has 5 nitrogen and oxygen atoms in total. The molecule has 0 radical (unpaired) electrons. The van der Waals surface area contributed by atoms with Crippen molar-refractivity contribution in [2.24, 2.45) is 11.3 Å². The fourth-order valence-electron chi connectivity index (χ4n) is 3.04. The lowest BCUT2D eigenvalue weighted by Crippen LogP contribution is -2.43. The summed E-state index contributed by atoms with van der Waals surface area (Å²) >= 11 is 0. The van der Waals surface area contributed by atoms with Gasteiger partial charge in [0.05, 0.1) is 19.1 Å². The highest BCUT2D eigenvalue weighted by atomic mass is 16.5. The molecule has 0 aromatic carbocycles. The van der Waals surface area contributed by atoms with Crippen molar-refractivity contribution in [1.82, 2.24) is 5.32 Å². The highest BCUT2D eigenvalue weighted by Crippen LogP contribution is 2.44. The summed E-state index contributed by atoms with van der Waals surface area (Å²) < 4.78 is 5.12. The van der Waals surface area contributed by atoms with E-state index in [-0.39, 0.29) is 29.7 Å². The van der Waals surface area contributed by atoms with Gasteiger partial charge in [-0.3, -0.25) is 9.59 Å². The smallest absolute Gasteiger partial charge is 0.303 e. The van der Waals surface area contributed by atoms with Crippen molar-refractivity contribution in [3.05, 3.63) is 0 Å². The van der Waals surface area contributed by atoms with Gasteiger partial charge in [0, 0.05) is 13.5 Å². The van der Waals surface area contributed by atoms with Gasteiger partial charge in [0.25, 0.3) is 0 Å². The van der Waals surface area contributed by atoms with Crippen molar-refractivity contribution in [3.8, 4) is 0 Å². The Hall–Kier alpha value is -1.10. The van der Waals surface area contributed by atoms with Gasteiger partial charge >= 0.3 is 5.97 Å². The van der Waals surface area contributed by atoms with E-state index < -0.39 is 5.97 Å². The number of carbonyl (C=O) groups is 2. The van der Waals surface area contributed by atoms with E-state index >= 15 is 0 Å². The molecule has 0 heterocycles. The van der Waals surface area contributed by atoms with Crippen LogP contribution in [0.3, 0.4) is 0 Å². The first-order chi connectivity index (χ1) is 9.38. The first kappa shape index (κ1) is 17.0. The van der Waals surface area contributed by atoms with Gasteiger partial charge in [-0.2, -0.15) is 0 Å². The lowest BCUT2D eigenvalue weighted by Gasteiger charge is -2.28. The average molecular weight is 285 g/mol. The number of carboxylic acid groups (broad SMARTS) is 1. The molecule has 1 amide bonds. The summed E-state index contributed by atoms with van der Waals surface area (Å²) in [7, 11) is 1.62. The number of aliphatic carboxylic acids is 1. The molecule has 2 N–H and O–H groups in total. The number of nitrogens with one attached hydrogen (secondary N) is 1. The van der Waals surface area contributed by atoms with Crippen molar-refractivity contribution in [2.75, 3.05) is 13.7 Å². The second-order valence-electron chi connectivity index (χ2n) is 6.33. The number of ether oxygens (including phenoxy) is 1. The van der Waals surface area contributed by atoms with Gasteiger partial charge in [0.1, 0.15) is 0 Å². The standard InChI is InChI=1S/C15H27NO4/c1-11(2)12(10-20-3)16-13(17)8-15(9-14(18)19)6-4-5-7-15/h11-12H,4-10H2,1-3H3,(H,16,17)(H,18,19). The number of amides is 1. The maximum Gasteiger partial charge on any atom is 0.303 e. The van der Waals surface area contributed by atoms with E-state index in [9.17, 15) is 9.59 Å². The fourth-order valence-corrected chi connectivity index (χ4v) is 3.04. The molecule has 0 aliphatic heterocycles. The topological polar surface area (TPSA) is 75.6 Å². The third-order valence-corrected chi connectivity index (χ3v) is 4.22. The summed E-state index contributed by atoms with van der Waals surface area (Å²) in [5.74, 6) is -0.571. The predicted octanol–water partition coefficient (Wildman–Crippen LogP) is 2.20. The molecule has 1 saturated carbocycles. The number of rotatable bonds is 8. The van der Waals surface area contributed by atoms with Crippen LogP contribution in [0.15, 0.2) is 0 Å². The summed E-state index contributed by atoms with van der Waals surface area (Å²) in [5, 5.41) is 12.0. The molecule has 0 aromatic rings. The number of carbonyl (C=O) groups excluding carboxylic acids is 1. The van der Waals surface area contributed by atoms with Gasteiger partial charge < -0.3 is 15.2 Å². The van der Waals surface area contributed by atoms with Crippen LogP contribution in [0.1, 0.15) is 52.4 Å². The van der Waals surface area contributed by atoms with Gasteiger partial charge in [0.2, 0.25) is 5.91 Å². The van der Waals surface area contributed by atoms with Crippen molar-refractivity contribution in [3.63, 3.8) is 0 Å². The third-order valence-electron chi connectivity index (χ3n) is 4.22. The lowest BCUT2D eigenvalue weighted by molar-refractivity contribution is -0.140. The lowest BCUT2D eigenvalue weighted by atomic mass is 9.79. The predicted molar refractivity (Wildman–Crippen MR) is 76.4 cm³/mol. The number of hydrogen-bond acceptors (Lipinski definition) is 3. The van der Waals surface area contributed by atoms with E-state index in [1.807, 2.05) is 13.8 Å². The van der Waals surface area contributed by atoms with Crippen LogP contribution in [-0.4, -0.2) is 36.7 Å². The molecule has 0 saturated heterocycles. The summed E-state index contributed by atoms with van der Waals surface area (Å²) in [6.45, 7) is 4.55. The average Bonchev–Trinajstić information content (AvgIpc) is 2.75. The summed E-state index contributed by atoms with van der Waals surface area (Å²) in [6, 6.07) is -0.0178. The Bertz CT molecular complexity index is 335. The minimum absolute atomic E-state index is 0.0178. The third kappa shape index (κ3) is 5.12. The summed E-state index contributed by atoms with van der Waals surface area (Å²) in [6.07, 6.45) is 4.12. The Morgan fingerprint density at radius 3 is 2.30 bits per heavy atom. The Morgan fingerprint density at radius 2 is 1.85 bits per heavy atom. The number of methoxy groups -OCH3 is 1. The van der Waals surface area contributed by atoms with E-state index in [0.717, 1.165) is 25.7 Å². The molecule has 116 valence electrons. The fraction of sp³-hybridized carbons (Fsp3) is 0.867. The zero-order chi connectivity index (χ0) is 15.2. The summed E-state index contributed by atoms with van der Waals surface area (Å²) in [5.41, 5.74) is -0.343. The zero-order valence-corrected chi connectivity index (χ0v) is 12.8. The van der Waals surface area contributed by atoms with E-state index in [0.29, 0.717) is 13.0 Å². The van der Waals surface area contributed by atoms with Crippen molar-refractivity contribution in [2.45, 2.75) is 58.4 Å². The molecule has 1 rings (SSSR count). The normalized spacial score (nSPS) is 19.0. The molecule has 1 aliphatic carbocycles. The summed E-state index contributed by atoms with van der Waals surface area (Å²) in [4.78, 5) is 23.2. The second-order valence-corrected chi connectivity index (χ2v) is 6.33. The number of carboxylic acids is 1. The zero-order valence-electron chi connectivity index (χ0n) is 12.8. The van der Waals surface area contributed by atoms with Gasteiger partial charge in [0.15, 0.2) is 0 Å². The molecule has 20 heavy (non-hydrogen) atoms. The van der Waals surface area contributed by atoms with Crippen LogP contribution in [0.4, 0.5) is 0 Å². The molecule has 0 bridgehead atoms. The minimum Gasteiger partial charge on any atom is -0.481 e. The van der Waals surface area contributed by atoms with Crippen molar-refractivity contribution < 1.29 is 19.4 Å². The van der Waals surface area contributed by atoms with Crippen LogP contribution >= 0.6 is 0 Å². The molecular weight excluding hydrogens is 258 g/mol. The van der Waals surface area contributed by atoms with E-state index in [4.69, 9.17) is 9.84 Å². The molecule has 1 fully saturated rings. The number of hydrogen-bond donors (Lipinski definition) is 2. The molecule has 1 atom stereocenters. The highest BCUT2D eigenvalue weighted by Gasteiger charge is 2.38. The Morgan fingerprint density at radius 1 is 1.25 bits per heavy atom. The second kappa shape index (κ2) is 7.62. The first-order valence-electron chi connectivity index (χ1n) is 7.39. The van der Waals surface area contributed by atoms with Gasteiger partial charge in [-0.05, 0) is 24.2 Å². The SMILES string of the molecule is COCC(NC(=O)CC1(CC(=O)O)CCCC1)C(C)C. The molecule has 1 aliphatic rings. The Balaban J connectivity index is 2.59. The molecule has 0 spiro atoms. The Kier molecular flexibility index (Phi) is 6.46. The van der Waals surface area contributed by atoms with Crippen LogP contribution < -0.4 is 5.32 Å². The maximum atomic E-state index is 12.2. The van der Waals surface area contributed by atoms with Crippen LogP contribution in [0.2, 0.25) is 0 Å². The van der Waals surface area contributed by atoms with Crippen LogP contribution in [0.25, 0.3) is 0 Å². The minimum atomic E-state index is -0.808. The van der Waals surface area contributed by atoms with E-state index in [2.05, 4.69) is 5.32 Å². The molecular formula is C15H27NO4. The van der Waals surface area contributed by atoms with Crippen molar-refractivity contribution >= 4 is 11.9 Å². The first-order valence-corrected chi connectivity index (χ1v) is 7.39. The van der Waals surface area contributed by atoms with Crippen LogP contribution in [0.5, 0.6) is 0 Å². The quantitative estimate of drug-likeness (QED) is 0.717. The van der Waals surface area contributed by atoms with Gasteiger partial charge in [-0.15, -0.1) is 0 Å². The highest BCUT2D eigenvalue weighted by molar-refractivity contribution is 5.78. The Labute approximate surface area is 121 Å². The van der Waals surface area contributed by atoms with E-state index in [1.54, 1.807) is 7.11 Å². The molecule has 1 unspecified atom stereocenters. The maximum absolute atomic E-state index is 12.2. The van der Waals surface area contributed by atoms with Crippen molar-refractivity contribution in [1.29, 1.82) is 0 Å². The van der Waals surface area contributed by atoms with Gasteiger partial charge in [-0.1, -0.05) is 26.7 Å². The molecule has 5 heteroatoms. The van der Waals surface area contributed by atoms with Crippen LogP contribution in [-0.2, 0) is 14.3 Å². The largest absolute Gasteiger partial charge is 0.481 e. The van der Waals surface area contributed by atoms with Gasteiger partial charge in [-0.25, -0.2) is 0 Å². The van der Waals surface area contributed by atoms with Crippen LogP contribution in [0, 0.1) is 11.3 Å².